The number of hydrogen-bond donors (Lipinski definition) is 1. The van der Waals surface area contributed by atoms with Gasteiger partial charge in [-0.15, -0.1) is 0 Å². The highest BCUT2D eigenvalue weighted by Crippen LogP contribution is 2.19. The third-order valence-electron chi connectivity index (χ3n) is 3.24. The Balaban J connectivity index is 1.84. The number of para-hydroxylation sites is 1. The lowest BCUT2D eigenvalue weighted by molar-refractivity contribution is 0.624. The van der Waals surface area contributed by atoms with Gasteiger partial charge >= 0.3 is 0 Å². The molecule has 4 heteroatoms. The van der Waals surface area contributed by atoms with Crippen LogP contribution in [0.1, 0.15) is 11.3 Å². The summed E-state index contributed by atoms with van der Waals surface area (Å²) in [6.45, 7) is 0.433. The first-order chi connectivity index (χ1) is 10.3. The first-order valence-corrected chi connectivity index (χ1v) is 6.55. The number of nitriles is 1. The summed E-state index contributed by atoms with van der Waals surface area (Å²) < 4.78 is 13.5. The molecule has 2 aromatic carbocycles. The number of nitrogens with zero attached hydrogens (tertiary/aromatic N) is 2. The molecule has 0 bridgehead atoms. The summed E-state index contributed by atoms with van der Waals surface area (Å²) in [6, 6.07) is 18.2. The van der Waals surface area contributed by atoms with Gasteiger partial charge in [-0.25, -0.2) is 4.39 Å². The van der Waals surface area contributed by atoms with Crippen molar-refractivity contribution >= 4 is 16.6 Å². The van der Waals surface area contributed by atoms with E-state index in [-0.39, 0.29) is 5.56 Å². The molecule has 3 nitrogen and oxygen atoms in total. The number of pyridine rings is 1. The topological polar surface area (TPSA) is 48.7 Å². The lowest BCUT2D eigenvalue weighted by Gasteiger charge is -2.09. The second-order valence-corrected chi connectivity index (χ2v) is 4.62. The van der Waals surface area contributed by atoms with Crippen LogP contribution in [0, 0.1) is 17.1 Å². The van der Waals surface area contributed by atoms with Gasteiger partial charge in [0.05, 0.1) is 23.4 Å². The number of benzene rings is 2. The van der Waals surface area contributed by atoms with Gasteiger partial charge < -0.3 is 5.32 Å². The van der Waals surface area contributed by atoms with E-state index < -0.39 is 5.82 Å². The normalized spacial score (nSPS) is 10.3. The smallest absolute Gasteiger partial charge is 0.143 e. The molecule has 0 radical (unpaired) electrons. The maximum atomic E-state index is 13.5. The molecule has 0 unspecified atom stereocenters. The Kier molecular flexibility index (Phi) is 3.48. The van der Waals surface area contributed by atoms with Crippen LogP contribution in [0.3, 0.4) is 0 Å². The lowest BCUT2D eigenvalue weighted by atomic mass is 10.1. The molecule has 21 heavy (non-hydrogen) atoms. The van der Waals surface area contributed by atoms with Crippen molar-refractivity contribution in [2.75, 3.05) is 5.32 Å². The molecule has 102 valence electrons. The summed E-state index contributed by atoms with van der Waals surface area (Å²) >= 11 is 0. The number of halogens is 1. The Morgan fingerprint density at radius 3 is 2.76 bits per heavy atom. The van der Waals surface area contributed by atoms with Crippen molar-refractivity contribution in [3.63, 3.8) is 0 Å². The Hall–Kier alpha value is -2.93. The van der Waals surface area contributed by atoms with E-state index in [0.717, 1.165) is 16.6 Å². The standard InChI is InChI=1S/C17H12FN3/c18-15-5-3-7-17(14(15)10-19)20-11-13-9-8-12-4-1-2-6-16(12)21-13/h1-9,20H,11H2. The summed E-state index contributed by atoms with van der Waals surface area (Å²) in [5.41, 5.74) is 2.25. The second-order valence-electron chi connectivity index (χ2n) is 4.62. The molecule has 1 aromatic heterocycles. The minimum atomic E-state index is -0.519. The number of rotatable bonds is 3. The third-order valence-corrected chi connectivity index (χ3v) is 3.24. The van der Waals surface area contributed by atoms with Gasteiger partial charge in [0.2, 0.25) is 0 Å². The van der Waals surface area contributed by atoms with Crippen molar-refractivity contribution in [2.24, 2.45) is 0 Å². The molecule has 0 fully saturated rings. The average Bonchev–Trinajstić information content (AvgIpc) is 2.52. The van der Waals surface area contributed by atoms with Crippen molar-refractivity contribution in [2.45, 2.75) is 6.54 Å². The molecule has 3 aromatic rings. The van der Waals surface area contributed by atoms with Crippen molar-refractivity contribution in [1.29, 1.82) is 5.26 Å². The van der Waals surface area contributed by atoms with Crippen molar-refractivity contribution < 1.29 is 4.39 Å². The fraction of sp³-hybridized carbons (Fsp3) is 0.0588. The van der Waals surface area contributed by atoms with Gasteiger partial charge in [0.1, 0.15) is 17.4 Å². The number of hydrogen-bond acceptors (Lipinski definition) is 3. The van der Waals surface area contributed by atoms with Crippen LogP contribution in [-0.4, -0.2) is 4.98 Å². The summed E-state index contributed by atoms with van der Waals surface area (Å²) in [7, 11) is 0. The van der Waals surface area contributed by atoms with Crippen molar-refractivity contribution in [3.05, 3.63) is 71.7 Å². The van der Waals surface area contributed by atoms with E-state index in [1.54, 1.807) is 12.1 Å². The Bertz CT molecular complexity index is 837. The largest absolute Gasteiger partial charge is 0.378 e. The molecular formula is C17H12FN3. The second kappa shape index (κ2) is 5.59. The summed E-state index contributed by atoms with van der Waals surface area (Å²) in [5, 5.41) is 13.1. The zero-order valence-electron chi connectivity index (χ0n) is 11.2. The van der Waals surface area contributed by atoms with Gasteiger partial charge in [-0.3, -0.25) is 4.98 Å². The van der Waals surface area contributed by atoms with Gasteiger partial charge in [-0.1, -0.05) is 30.3 Å². The summed E-state index contributed by atoms with van der Waals surface area (Å²) in [5.74, 6) is -0.519. The average molecular weight is 277 g/mol. The Morgan fingerprint density at radius 2 is 1.90 bits per heavy atom. The molecule has 3 rings (SSSR count). The molecule has 0 aliphatic rings. The molecule has 0 aliphatic heterocycles. The molecule has 0 saturated carbocycles. The van der Waals surface area contributed by atoms with Crippen molar-refractivity contribution in [3.8, 4) is 6.07 Å². The van der Waals surface area contributed by atoms with E-state index in [4.69, 9.17) is 5.26 Å². The SMILES string of the molecule is N#Cc1c(F)cccc1NCc1ccc2ccccc2n1. The molecular weight excluding hydrogens is 265 g/mol. The van der Waals surface area contributed by atoms with E-state index in [1.807, 2.05) is 42.5 Å². The molecule has 0 saturated heterocycles. The Labute approximate surface area is 121 Å². The van der Waals surface area contributed by atoms with Crippen molar-refractivity contribution in [1.82, 2.24) is 4.98 Å². The zero-order chi connectivity index (χ0) is 14.7. The minimum absolute atomic E-state index is 0.0262. The molecule has 0 aliphatic carbocycles. The predicted molar refractivity (Wildman–Crippen MR) is 80.2 cm³/mol. The lowest BCUT2D eigenvalue weighted by Crippen LogP contribution is -2.04. The summed E-state index contributed by atoms with van der Waals surface area (Å²) in [6.07, 6.45) is 0. The van der Waals surface area contributed by atoms with Gasteiger partial charge in [0.15, 0.2) is 0 Å². The zero-order valence-corrected chi connectivity index (χ0v) is 11.2. The van der Waals surface area contributed by atoms with Crippen LogP contribution in [0.4, 0.5) is 10.1 Å². The van der Waals surface area contributed by atoms with E-state index >= 15 is 0 Å². The Morgan fingerprint density at radius 1 is 1.05 bits per heavy atom. The molecule has 0 amide bonds. The van der Waals surface area contributed by atoms with Crippen LogP contribution in [0.25, 0.3) is 10.9 Å². The first kappa shape index (κ1) is 13.1. The number of fused-ring (bicyclic) bond motifs is 1. The first-order valence-electron chi connectivity index (χ1n) is 6.55. The fourth-order valence-corrected chi connectivity index (χ4v) is 2.18. The van der Waals surface area contributed by atoms with E-state index in [0.29, 0.717) is 12.2 Å². The molecule has 0 spiro atoms. The molecule has 1 heterocycles. The number of nitrogens with one attached hydrogen (secondary N) is 1. The van der Waals surface area contributed by atoms with Gasteiger partial charge in [-0.2, -0.15) is 5.26 Å². The van der Waals surface area contributed by atoms with Crippen LogP contribution in [0.5, 0.6) is 0 Å². The van der Waals surface area contributed by atoms with Crippen LogP contribution < -0.4 is 5.32 Å². The maximum absolute atomic E-state index is 13.5. The minimum Gasteiger partial charge on any atom is -0.378 e. The van der Waals surface area contributed by atoms with Crippen LogP contribution in [0.2, 0.25) is 0 Å². The fourth-order valence-electron chi connectivity index (χ4n) is 2.18. The van der Waals surface area contributed by atoms with Gasteiger partial charge in [0, 0.05) is 5.39 Å². The maximum Gasteiger partial charge on any atom is 0.143 e. The van der Waals surface area contributed by atoms with Crippen LogP contribution in [-0.2, 0) is 6.54 Å². The third kappa shape index (κ3) is 2.67. The number of aromatic nitrogens is 1. The highest BCUT2D eigenvalue weighted by atomic mass is 19.1. The van der Waals surface area contributed by atoms with Gasteiger partial charge in [-0.05, 0) is 24.3 Å². The van der Waals surface area contributed by atoms with E-state index in [9.17, 15) is 4.39 Å². The summed E-state index contributed by atoms with van der Waals surface area (Å²) in [4.78, 5) is 4.53. The van der Waals surface area contributed by atoms with E-state index in [2.05, 4.69) is 10.3 Å². The molecule has 1 N–H and O–H groups in total. The van der Waals surface area contributed by atoms with Crippen LogP contribution >= 0.6 is 0 Å². The highest BCUT2D eigenvalue weighted by Gasteiger charge is 2.07. The quantitative estimate of drug-likeness (QED) is 0.791. The number of anilines is 1. The molecule has 0 atom stereocenters. The van der Waals surface area contributed by atoms with Gasteiger partial charge in [0.25, 0.3) is 0 Å². The predicted octanol–water partition coefficient (Wildman–Crippen LogP) is 3.86. The van der Waals surface area contributed by atoms with E-state index in [1.165, 1.54) is 6.07 Å². The van der Waals surface area contributed by atoms with Crippen LogP contribution in [0.15, 0.2) is 54.6 Å². The monoisotopic (exact) mass is 277 g/mol. The highest BCUT2D eigenvalue weighted by molar-refractivity contribution is 5.78.